The second-order valence-corrected chi connectivity index (χ2v) is 6.48. The van der Waals surface area contributed by atoms with Gasteiger partial charge in [-0.05, 0) is 25.0 Å². The molecule has 24 heavy (non-hydrogen) atoms. The number of nitrogens with one attached hydrogen (secondary N) is 1. The van der Waals surface area contributed by atoms with Crippen LogP contribution in [-0.2, 0) is 11.2 Å². The van der Waals surface area contributed by atoms with Crippen LogP contribution in [-0.4, -0.2) is 22.1 Å². The van der Waals surface area contributed by atoms with Crippen molar-refractivity contribution in [2.75, 3.05) is 0 Å². The molecule has 0 aliphatic heterocycles. The van der Waals surface area contributed by atoms with Gasteiger partial charge in [0, 0.05) is 24.4 Å². The van der Waals surface area contributed by atoms with E-state index in [0.717, 1.165) is 18.4 Å². The monoisotopic (exact) mass is 327 g/mol. The maximum absolute atomic E-state index is 12.2. The minimum Gasteiger partial charge on any atom is -0.421 e. The third-order valence-electron chi connectivity index (χ3n) is 4.52. The molecule has 1 aromatic heterocycles. The molecule has 1 amide bonds. The Morgan fingerprint density at radius 3 is 2.50 bits per heavy atom. The molecule has 1 heterocycles. The van der Waals surface area contributed by atoms with Gasteiger partial charge < -0.3 is 9.73 Å². The second kappa shape index (κ2) is 8.62. The Bertz CT molecular complexity index is 631. The Morgan fingerprint density at radius 1 is 1.04 bits per heavy atom. The van der Waals surface area contributed by atoms with Crippen molar-refractivity contribution in [2.24, 2.45) is 0 Å². The van der Waals surface area contributed by atoms with Crippen molar-refractivity contribution < 1.29 is 9.21 Å². The summed E-state index contributed by atoms with van der Waals surface area (Å²) >= 11 is 0. The number of carbonyl (C=O) groups excluding carboxylic acids is 1. The third kappa shape index (κ3) is 4.91. The lowest BCUT2D eigenvalue weighted by atomic mass is 9.96. The summed E-state index contributed by atoms with van der Waals surface area (Å²) in [6.45, 7) is 0. The minimum atomic E-state index is 0.0834. The van der Waals surface area contributed by atoms with Gasteiger partial charge in [-0.15, -0.1) is 10.2 Å². The van der Waals surface area contributed by atoms with Gasteiger partial charge in [-0.3, -0.25) is 4.79 Å². The van der Waals surface area contributed by atoms with E-state index in [9.17, 15) is 4.79 Å². The van der Waals surface area contributed by atoms with Crippen LogP contribution in [0.25, 0.3) is 11.5 Å². The van der Waals surface area contributed by atoms with E-state index in [0.29, 0.717) is 30.7 Å². The minimum absolute atomic E-state index is 0.0834. The molecule has 0 spiro atoms. The SMILES string of the molecule is O=C(CCc1nnc(-c2ccccc2)o1)NC1CCCCCCC1. The number of aryl methyl sites for hydroxylation is 1. The lowest BCUT2D eigenvalue weighted by Crippen LogP contribution is -2.35. The van der Waals surface area contributed by atoms with Crippen LogP contribution in [0.2, 0.25) is 0 Å². The summed E-state index contributed by atoms with van der Waals surface area (Å²) in [7, 11) is 0. The van der Waals surface area contributed by atoms with Crippen molar-refractivity contribution in [3.05, 3.63) is 36.2 Å². The first-order chi connectivity index (χ1) is 11.8. The molecule has 0 saturated heterocycles. The van der Waals surface area contributed by atoms with Crippen LogP contribution < -0.4 is 5.32 Å². The van der Waals surface area contributed by atoms with Gasteiger partial charge in [-0.25, -0.2) is 0 Å². The highest BCUT2D eigenvalue weighted by Crippen LogP contribution is 2.18. The van der Waals surface area contributed by atoms with Gasteiger partial charge in [0.1, 0.15) is 0 Å². The molecule has 1 fully saturated rings. The molecular weight excluding hydrogens is 302 g/mol. The fourth-order valence-corrected chi connectivity index (χ4v) is 3.17. The van der Waals surface area contributed by atoms with Crippen LogP contribution in [0.3, 0.4) is 0 Å². The zero-order valence-corrected chi connectivity index (χ0v) is 14.0. The molecule has 0 bridgehead atoms. The number of hydrogen-bond acceptors (Lipinski definition) is 4. The van der Waals surface area contributed by atoms with E-state index >= 15 is 0 Å². The molecule has 1 aliphatic rings. The normalized spacial score (nSPS) is 16.3. The lowest BCUT2D eigenvalue weighted by molar-refractivity contribution is -0.122. The van der Waals surface area contributed by atoms with Gasteiger partial charge in [-0.2, -0.15) is 0 Å². The number of hydrogen-bond donors (Lipinski definition) is 1. The molecule has 5 heteroatoms. The molecule has 3 rings (SSSR count). The summed E-state index contributed by atoms with van der Waals surface area (Å²) < 4.78 is 5.64. The Hall–Kier alpha value is -2.17. The standard InChI is InChI=1S/C19H25N3O2/c23-17(20-16-11-7-2-1-3-8-12-16)13-14-18-21-22-19(24-18)15-9-5-4-6-10-15/h4-6,9-10,16H,1-3,7-8,11-14H2,(H,20,23). The molecule has 1 aromatic carbocycles. The van der Waals surface area contributed by atoms with E-state index in [-0.39, 0.29) is 5.91 Å². The zero-order valence-electron chi connectivity index (χ0n) is 14.0. The highest BCUT2D eigenvalue weighted by molar-refractivity contribution is 5.76. The van der Waals surface area contributed by atoms with E-state index in [4.69, 9.17) is 4.42 Å². The second-order valence-electron chi connectivity index (χ2n) is 6.48. The zero-order chi connectivity index (χ0) is 16.6. The van der Waals surface area contributed by atoms with Crippen molar-refractivity contribution >= 4 is 5.91 Å². The summed E-state index contributed by atoms with van der Waals surface area (Å²) in [5.74, 6) is 1.10. The highest BCUT2D eigenvalue weighted by atomic mass is 16.4. The average Bonchev–Trinajstić information content (AvgIpc) is 3.05. The Balaban J connectivity index is 1.47. The van der Waals surface area contributed by atoms with Gasteiger partial charge in [0.05, 0.1) is 0 Å². The number of nitrogens with zero attached hydrogens (tertiary/aromatic N) is 2. The highest BCUT2D eigenvalue weighted by Gasteiger charge is 2.15. The third-order valence-corrected chi connectivity index (χ3v) is 4.52. The van der Waals surface area contributed by atoms with Crippen LogP contribution in [0.15, 0.2) is 34.7 Å². The van der Waals surface area contributed by atoms with Crippen molar-refractivity contribution in [2.45, 2.75) is 63.8 Å². The van der Waals surface area contributed by atoms with Gasteiger partial charge in [0.2, 0.25) is 17.7 Å². The summed E-state index contributed by atoms with van der Waals surface area (Å²) in [6.07, 6.45) is 9.43. The van der Waals surface area contributed by atoms with E-state index in [1.165, 1.54) is 32.1 Å². The maximum atomic E-state index is 12.2. The lowest BCUT2D eigenvalue weighted by Gasteiger charge is -2.20. The van der Waals surface area contributed by atoms with E-state index in [1.807, 2.05) is 30.3 Å². The summed E-state index contributed by atoms with van der Waals surface area (Å²) in [5, 5.41) is 11.3. The van der Waals surface area contributed by atoms with E-state index in [2.05, 4.69) is 15.5 Å². The van der Waals surface area contributed by atoms with Crippen molar-refractivity contribution in [3.63, 3.8) is 0 Å². The Kier molecular flexibility index (Phi) is 5.99. The fraction of sp³-hybridized carbons (Fsp3) is 0.526. The Labute approximate surface area is 142 Å². The van der Waals surface area contributed by atoms with E-state index in [1.54, 1.807) is 0 Å². The fourth-order valence-electron chi connectivity index (χ4n) is 3.17. The maximum Gasteiger partial charge on any atom is 0.247 e. The molecule has 5 nitrogen and oxygen atoms in total. The number of aromatic nitrogens is 2. The topological polar surface area (TPSA) is 68.0 Å². The molecule has 0 atom stereocenters. The Morgan fingerprint density at radius 2 is 1.75 bits per heavy atom. The first kappa shape index (κ1) is 16.7. The van der Waals surface area contributed by atoms with Gasteiger partial charge in [0.15, 0.2) is 0 Å². The molecule has 128 valence electrons. The molecular formula is C19H25N3O2. The van der Waals surface area contributed by atoms with E-state index < -0.39 is 0 Å². The van der Waals surface area contributed by atoms with Crippen LogP contribution >= 0.6 is 0 Å². The first-order valence-electron chi connectivity index (χ1n) is 8.98. The molecule has 2 aromatic rings. The first-order valence-corrected chi connectivity index (χ1v) is 8.98. The van der Waals surface area contributed by atoms with Crippen LogP contribution in [0, 0.1) is 0 Å². The summed E-state index contributed by atoms with van der Waals surface area (Å²) in [4.78, 5) is 12.2. The van der Waals surface area contributed by atoms with Crippen molar-refractivity contribution in [1.82, 2.24) is 15.5 Å². The predicted octanol–water partition coefficient (Wildman–Crippen LogP) is 3.90. The predicted molar refractivity (Wildman–Crippen MR) is 92.3 cm³/mol. The van der Waals surface area contributed by atoms with Gasteiger partial charge >= 0.3 is 0 Å². The van der Waals surface area contributed by atoms with Crippen molar-refractivity contribution in [3.8, 4) is 11.5 Å². The summed E-state index contributed by atoms with van der Waals surface area (Å²) in [6, 6.07) is 10.0. The number of carbonyl (C=O) groups is 1. The summed E-state index contributed by atoms with van der Waals surface area (Å²) in [5.41, 5.74) is 0.898. The molecule has 1 saturated carbocycles. The number of amides is 1. The molecule has 0 unspecified atom stereocenters. The smallest absolute Gasteiger partial charge is 0.247 e. The molecule has 0 radical (unpaired) electrons. The average molecular weight is 327 g/mol. The van der Waals surface area contributed by atoms with Crippen LogP contribution in [0.1, 0.15) is 57.3 Å². The van der Waals surface area contributed by atoms with Gasteiger partial charge in [0.25, 0.3) is 0 Å². The largest absolute Gasteiger partial charge is 0.421 e. The van der Waals surface area contributed by atoms with Crippen LogP contribution in [0.4, 0.5) is 0 Å². The molecule has 1 aliphatic carbocycles. The van der Waals surface area contributed by atoms with Crippen molar-refractivity contribution in [1.29, 1.82) is 0 Å². The van der Waals surface area contributed by atoms with Crippen LogP contribution in [0.5, 0.6) is 0 Å². The van der Waals surface area contributed by atoms with Gasteiger partial charge in [-0.1, -0.05) is 50.3 Å². The number of benzene rings is 1. The molecule has 1 N–H and O–H groups in total. The number of rotatable bonds is 5. The quantitative estimate of drug-likeness (QED) is 0.904.